The van der Waals surface area contributed by atoms with Crippen LogP contribution in [-0.2, 0) is 9.53 Å². The first-order chi connectivity index (χ1) is 11.2. The third-order valence-corrected chi connectivity index (χ3v) is 4.88. The third-order valence-electron chi connectivity index (χ3n) is 4.88. The van der Waals surface area contributed by atoms with Gasteiger partial charge in [0.2, 0.25) is 5.91 Å². The maximum atomic E-state index is 13.3. The summed E-state index contributed by atoms with van der Waals surface area (Å²) in [5, 5.41) is 0. The van der Waals surface area contributed by atoms with E-state index < -0.39 is 0 Å². The number of benzene rings is 1. The average molecular weight is 317 g/mol. The first-order valence-electron chi connectivity index (χ1n) is 8.26. The second-order valence-corrected chi connectivity index (χ2v) is 6.36. The van der Waals surface area contributed by atoms with E-state index in [1.807, 2.05) is 4.90 Å². The molecule has 2 saturated heterocycles. The van der Waals surface area contributed by atoms with Crippen LogP contribution in [0.3, 0.4) is 0 Å². The molecule has 2 aromatic rings. The van der Waals surface area contributed by atoms with Gasteiger partial charge in [-0.2, -0.15) is 0 Å². The molecule has 23 heavy (non-hydrogen) atoms. The Morgan fingerprint density at radius 1 is 1.30 bits per heavy atom. The summed E-state index contributed by atoms with van der Waals surface area (Å²) in [7, 11) is 0. The van der Waals surface area contributed by atoms with Crippen LogP contribution in [0.25, 0.3) is 11.0 Å². The minimum absolute atomic E-state index is 0.0270. The SMILES string of the molecule is O=C(C1CCOCC1)N1CCC[C@H]1c1nc2ccc(F)cc2[nH]1. The fourth-order valence-electron chi connectivity index (χ4n) is 3.65. The second-order valence-electron chi connectivity index (χ2n) is 6.36. The molecule has 1 aromatic heterocycles. The Kier molecular flexibility index (Phi) is 3.77. The van der Waals surface area contributed by atoms with Crippen molar-refractivity contribution in [2.45, 2.75) is 31.7 Å². The number of H-pyrrole nitrogens is 1. The Bertz CT molecular complexity index is 724. The van der Waals surface area contributed by atoms with Crippen LogP contribution in [-0.4, -0.2) is 40.5 Å². The van der Waals surface area contributed by atoms with Gasteiger partial charge in [0.25, 0.3) is 0 Å². The maximum Gasteiger partial charge on any atom is 0.226 e. The van der Waals surface area contributed by atoms with Gasteiger partial charge in [-0.3, -0.25) is 4.79 Å². The van der Waals surface area contributed by atoms with Gasteiger partial charge in [0, 0.05) is 25.7 Å². The van der Waals surface area contributed by atoms with Crippen molar-refractivity contribution in [3.05, 3.63) is 29.8 Å². The largest absolute Gasteiger partial charge is 0.381 e. The summed E-state index contributed by atoms with van der Waals surface area (Å²) >= 11 is 0. The van der Waals surface area contributed by atoms with Gasteiger partial charge in [0.15, 0.2) is 0 Å². The van der Waals surface area contributed by atoms with E-state index >= 15 is 0 Å². The number of likely N-dealkylation sites (tertiary alicyclic amines) is 1. The monoisotopic (exact) mass is 317 g/mol. The molecule has 1 atom stereocenters. The fourth-order valence-corrected chi connectivity index (χ4v) is 3.65. The van der Waals surface area contributed by atoms with Crippen molar-refractivity contribution in [2.75, 3.05) is 19.8 Å². The number of carbonyl (C=O) groups excluding carboxylic acids is 1. The fraction of sp³-hybridized carbons (Fsp3) is 0.529. The molecule has 1 N–H and O–H groups in total. The number of hydrogen-bond donors (Lipinski definition) is 1. The van der Waals surface area contributed by atoms with E-state index in [-0.39, 0.29) is 23.7 Å². The van der Waals surface area contributed by atoms with E-state index in [4.69, 9.17) is 4.74 Å². The summed E-state index contributed by atoms with van der Waals surface area (Å²) in [6, 6.07) is 4.50. The number of imidazole rings is 1. The molecule has 2 aliphatic heterocycles. The van der Waals surface area contributed by atoms with Gasteiger partial charge in [-0.1, -0.05) is 0 Å². The number of nitrogens with one attached hydrogen (secondary N) is 1. The van der Waals surface area contributed by atoms with Gasteiger partial charge in [0.1, 0.15) is 11.6 Å². The number of aromatic amines is 1. The Balaban J connectivity index is 1.59. The third kappa shape index (κ3) is 2.72. The number of ether oxygens (including phenoxy) is 1. The van der Waals surface area contributed by atoms with E-state index in [0.29, 0.717) is 18.7 Å². The zero-order valence-corrected chi connectivity index (χ0v) is 12.9. The highest BCUT2D eigenvalue weighted by molar-refractivity contribution is 5.80. The molecule has 4 rings (SSSR count). The first kappa shape index (κ1) is 14.6. The molecule has 0 unspecified atom stereocenters. The second kappa shape index (κ2) is 5.92. The first-order valence-corrected chi connectivity index (χ1v) is 8.26. The average Bonchev–Trinajstić information content (AvgIpc) is 3.20. The van der Waals surface area contributed by atoms with Crippen LogP contribution >= 0.6 is 0 Å². The minimum atomic E-state index is -0.283. The summed E-state index contributed by atoms with van der Waals surface area (Å²) in [6.07, 6.45) is 3.48. The molecule has 6 heteroatoms. The van der Waals surface area contributed by atoms with Crippen LogP contribution < -0.4 is 0 Å². The maximum absolute atomic E-state index is 13.3. The lowest BCUT2D eigenvalue weighted by atomic mass is 9.98. The lowest BCUT2D eigenvalue weighted by molar-refractivity contribution is -0.139. The van der Waals surface area contributed by atoms with Crippen molar-refractivity contribution in [2.24, 2.45) is 5.92 Å². The van der Waals surface area contributed by atoms with Crippen LogP contribution in [0.15, 0.2) is 18.2 Å². The number of hydrogen-bond acceptors (Lipinski definition) is 3. The minimum Gasteiger partial charge on any atom is -0.381 e. The van der Waals surface area contributed by atoms with Crippen LogP contribution in [0.2, 0.25) is 0 Å². The Labute approximate surface area is 133 Å². The standard InChI is InChI=1S/C17H20FN3O2/c18-12-3-4-13-14(10-12)20-16(19-13)15-2-1-7-21(15)17(22)11-5-8-23-9-6-11/h3-4,10-11,15H,1-2,5-9H2,(H,19,20)/t15-/m0/s1. The smallest absolute Gasteiger partial charge is 0.226 e. The summed E-state index contributed by atoms with van der Waals surface area (Å²) in [5.41, 5.74) is 1.43. The van der Waals surface area contributed by atoms with Gasteiger partial charge in [-0.25, -0.2) is 9.37 Å². The van der Waals surface area contributed by atoms with E-state index in [1.165, 1.54) is 12.1 Å². The highest BCUT2D eigenvalue weighted by Crippen LogP contribution is 2.34. The highest BCUT2D eigenvalue weighted by Gasteiger charge is 2.36. The van der Waals surface area contributed by atoms with Gasteiger partial charge in [-0.15, -0.1) is 0 Å². The normalized spacial score (nSPS) is 22.8. The Morgan fingerprint density at radius 3 is 2.96 bits per heavy atom. The quantitative estimate of drug-likeness (QED) is 0.926. The zero-order valence-electron chi connectivity index (χ0n) is 12.9. The van der Waals surface area contributed by atoms with Crippen molar-refractivity contribution in [3.8, 4) is 0 Å². The summed E-state index contributed by atoms with van der Waals surface area (Å²) in [5.74, 6) is 0.756. The Morgan fingerprint density at radius 2 is 2.13 bits per heavy atom. The van der Waals surface area contributed by atoms with Crippen molar-refractivity contribution in [1.82, 2.24) is 14.9 Å². The molecule has 0 aliphatic carbocycles. The molecule has 0 saturated carbocycles. The van der Waals surface area contributed by atoms with Gasteiger partial charge in [0.05, 0.1) is 17.1 Å². The lowest BCUT2D eigenvalue weighted by Crippen LogP contribution is -2.38. The molecule has 3 heterocycles. The van der Waals surface area contributed by atoms with Gasteiger partial charge < -0.3 is 14.6 Å². The molecule has 122 valence electrons. The predicted molar refractivity (Wildman–Crippen MR) is 83.3 cm³/mol. The van der Waals surface area contributed by atoms with E-state index in [9.17, 15) is 9.18 Å². The number of rotatable bonds is 2. The predicted octanol–water partition coefficient (Wildman–Crippen LogP) is 2.79. The number of carbonyl (C=O) groups is 1. The van der Waals surface area contributed by atoms with Crippen LogP contribution in [0.4, 0.5) is 4.39 Å². The molecular formula is C17H20FN3O2. The van der Waals surface area contributed by atoms with Gasteiger partial charge >= 0.3 is 0 Å². The molecule has 1 amide bonds. The van der Waals surface area contributed by atoms with Gasteiger partial charge in [-0.05, 0) is 43.9 Å². The van der Waals surface area contributed by atoms with Crippen molar-refractivity contribution < 1.29 is 13.9 Å². The van der Waals surface area contributed by atoms with Crippen LogP contribution in [0.5, 0.6) is 0 Å². The highest BCUT2D eigenvalue weighted by atomic mass is 19.1. The van der Waals surface area contributed by atoms with E-state index in [2.05, 4.69) is 9.97 Å². The Hall–Kier alpha value is -1.95. The number of nitrogens with zero attached hydrogens (tertiary/aromatic N) is 2. The number of amides is 1. The van der Waals surface area contributed by atoms with Crippen molar-refractivity contribution in [3.63, 3.8) is 0 Å². The van der Waals surface area contributed by atoms with E-state index in [0.717, 1.165) is 43.6 Å². The lowest BCUT2D eigenvalue weighted by Gasteiger charge is -2.29. The van der Waals surface area contributed by atoms with Crippen molar-refractivity contribution in [1.29, 1.82) is 0 Å². The van der Waals surface area contributed by atoms with Crippen LogP contribution in [0, 0.1) is 11.7 Å². The van der Waals surface area contributed by atoms with Crippen molar-refractivity contribution >= 4 is 16.9 Å². The van der Waals surface area contributed by atoms with Crippen LogP contribution in [0.1, 0.15) is 37.5 Å². The van der Waals surface area contributed by atoms with E-state index in [1.54, 1.807) is 6.07 Å². The molecule has 0 bridgehead atoms. The molecule has 2 fully saturated rings. The molecule has 1 aromatic carbocycles. The molecule has 0 spiro atoms. The summed E-state index contributed by atoms with van der Waals surface area (Å²) in [6.45, 7) is 2.10. The number of fused-ring (bicyclic) bond motifs is 1. The summed E-state index contributed by atoms with van der Waals surface area (Å²) in [4.78, 5) is 22.5. The summed E-state index contributed by atoms with van der Waals surface area (Å²) < 4.78 is 18.7. The molecular weight excluding hydrogens is 297 g/mol. The number of halogens is 1. The topological polar surface area (TPSA) is 58.2 Å². The molecule has 5 nitrogen and oxygen atoms in total. The molecule has 2 aliphatic rings. The number of aromatic nitrogens is 2. The molecule has 0 radical (unpaired) electrons. The zero-order chi connectivity index (χ0) is 15.8.